The minimum absolute atomic E-state index is 0.198. The highest BCUT2D eigenvalue weighted by Gasteiger charge is 2.23. The molecule has 2 aromatic rings. The summed E-state index contributed by atoms with van der Waals surface area (Å²) in [6.07, 6.45) is 0. The smallest absolute Gasteiger partial charge is 0.241 e. The lowest BCUT2D eigenvalue weighted by Gasteiger charge is -2.24. The number of nitrogens with one attached hydrogen (secondary N) is 1. The van der Waals surface area contributed by atoms with Gasteiger partial charge in [-0.15, -0.1) is 11.6 Å². The Morgan fingerprint density at radius 2 is 1.75 bits per heavy atom. The van der Waals surface area contributed by atoms with Crippen molar-refractivity contribution in [2.24, 2.45) is 0 Å². The number of rotatable bonds is 7. The zero-order chi connectivity index (χ0) is 17.7. The van der Waals surface area contributed by atoms with Gasteiger partial charge in [-0.05, 0) is 36.9 Å². The van der Waals surface area contributed by atoms with Crippen molar-refractivity contribution in [1.29, 1.82) is 0 Å². The van der Waals surface area contributed by atoms with E-state index in [2.05, 4.69) is 4.72 Å². The van der Waals surface area contributed by atoms with E-state index in [1.165, 1.54) is 0 Å². The molecule has 8 heteroatoms. The summed E-state index contributed by atoms with van der Waals surface area (Å²) in [5.74, 6) is 0. The molecule has 0 aliphatic heterocycles. The molecule has 1 unspecified atom stereocenters. The molecular weight excluding hydrogens is 391 g/mol. The molecule has 130 valence electrons. The maximum Gasteiger partial charge on any atom is 0.241 e. The lowest BCUT2D eigenvalue weighted by Crippen LogP contribution is -2.36. The van der Waals surface area contributed by atoms with Crippen molar-refractivity contribution in [3.8, 4) is 0 Å². The van der Waals surface area contributed by atoms with Gasteiger partial charge in [-0.25, -0.2) is 13.1 Å². The van der Waals surface area contributed by atoms with Crippen LogP contribution in [0.4, 0.5) is 0 Å². The van der Waals surface area contributed by atoms with Crippen molar-refractivity contribution in [3.05, 3.63) is 64.1 Å². The second-order valence-electron chi connectivity index (χ2n) is 5.32. The highest BCUT2D eigenvalue weighted by molar-refractivity contribution is 7.89. The monoisotopic (exact) mass is 406 g/mol. The van der Waals surface area contributed by atoms with Crippen molar-refractivity contribution in [1.82, 2.24) is 9.62 Å². The van der Waals surface area contributed by atoms with Crippen molar-refractivity contribution < 1.29 is 8.42 Å². The summed E-state index contributed by atoms with van der Waals surface area (Å²) in [5, 5.41) is 0.780. The molecule has 0 aliphatic carbocycles. The SMILES string of the molecule is CN(CCl)CC(NS(=O)(=O)c1ccccc1)c1ccc(Cl)c(Cl)c1. The van der Waals surface area contributed by atoms with Crippen LogP contribution in [0.1, 0.15) is 11.6 Å². The van der Waals surface area contributed by atoms with Gasteiger partial charge in [0.2, 0.25) is 10.0 Å². The third-order valence-corrected chi connectivity index (χ3v) is 6.03. The molecule has 0 saturated heterocycles. The van der Waals surface area contributed by atoms with Crippen molar-refractivity contribution in [2.75, 3.05) is 19.6 Å². The molecule has 0 heterocycles. The first-order valence-corrected chi connectivity index (χ1v) is 9.87. The molecule has 0 radical (unpaired) electrons. The number of hydrogen-bond donors (Lipinski definition) is 1. The lowest BCUT2D eigenvalue weighted by molar-refractivity contribution is 0.348. The highest BCUT2D eigenvalue weighted by Crippen LogP contribution is 2.27. The first-order valence-electron chi connectivity index (χ1n) is 7.10. The molecule has 1 atom stereocenters. The van der Waals surface area contributed by atoms with Crippen LogP contribution in [0, 0.1) is 0 Å². The summed E-state index contributed by atoms with van der Waals surface area (Å²) in [6.45, 7) is 0.382. The molecule has 1 N–H and O–H groups in total. The van der Waals surface area contributed by atoms with Gasteiger partial charge >= 0.3 is 0 Å². The maximum absolute atomic E-state index is 12.6. The van der Waals surface area contributed by atoms with Crippen LogP contribution in [0.5, 0.6) is 0 Å². The molecule has 0 bridgehead atoms. The number of benzene rings is 2. The number of halogens is 3. The Morgan fingerprint density at radius 3 is 2.33 bits per heavy atom. The van der Waals surface area contributed by atoms with Crippen molar-refractivity contribution in [2.45, 2.75) is 10.9 Å². The number of hydrogen-bond acceptors (Lipinski definition) is 3. The summed E-state index contributed by atoms with van der Waals surface area (Å²) in [4.78, 5) is 1.99. The summed E-state index contributed by atoms with van der Waals surface area (Å²) in [6, 6.07) is 13.0. The van der Waals surface area contributed by atoms with E-state index < -0.39 is 16.1 Å². The number of alkyl halides is 1. The Morgan fingerprint density at radius 1 is 1.08 bits per heavy atom. The average Bonchev–Trinajstić information content (AvgIpc) is 2.57. The molecule has 0 saturated carbocycles. The van der Waals surface area contributed by atoms with E-state index in [4.69, 9.17) is 34.8 Å². The fourth-order valence-corrected chi connectivity index (χ4v) is 3.80. The Bertz CT molecular complexity index is 785. The number of sulfonamides is 1. The van der Waals surface area contributed by atoms with E-state index in [1.54, 1.807) is 60.5 Å². The van der Waals surface area contributed by atoms with Gasteiger partial charge in [0, 0.05) is 6.54 Å². The third-order valence-electron chi connectivity index (χ3n) is 3.40. The van der Waals surface area contributed by atoms with Crippen LogP contribution in [0.3, 0.4) is 0 Å². The first kappa shape index (κ1) is 19.5. The van der Waals surface area contributed by atoms with Crippen LogP contribution in [-0.2, 0) is 10.0 Å². The summed E-state index contributed by atoms with van der Waals surface area (Å²) in [7, 11) is -1.88. The third kappa shape index (κ3) is 5.09. The fourth-order valence-electron chi connectivity index (χ4n) is 2.16. The van der Waals surface area contributed by atoms with E-state index in [9.17, 15) is 8.42 Å². The van der Waals surface area contributed by atoms with Crippen LogP contribution in [0.15, 0.2) is 53.4 Å². The predicted octanol–water partition coefficient (Wildman–Crippen LogP) is 4.14. The largest absolute Gasteiger partial charge is 0.291 e. The summed E-state index contributed by atoms with van der Waals surface area (Å²) >= 11 is 17.8. The lowest BCUT2D eigenvalue weighted by atomic mass is 10.1. The topological polar surface area (TPSA) is 49.4 Å². The van der Waals surface area contributed by atoms with Crippen LogP contribution in [0.2, 0.25) is 10.0 Å². The Hall–Kier alpha value is -0.820. The Balaban J connectivity index is 2.34. The molecule has 0 aromatic heterocycles. The zero-order valence-corrected chi connectivity index (χ0v) is 16.0. The number of likely N-dealkylation sites (N-methyl/N-ethyl adjacent to an activating group) is 1. The van der Waals surface area contributed by atoms with E-state index in [-0.39, 0.29) is 10.9 Å². The van der Waals surface area contributed by atoms with Gasteiger partial charge in [0.15, 0.2) is 0 Å². The molecule has 0 fully saturated rings. The van der Waals surface area contributed by atoms with E-state index in [0.717, 1.165) is 0 Å². The van der Waals surface area contributed by atoms with E-state index in [1.807, 2.05) is 0 Å². The first-order chi connectivity index (χ1) is 11.3. The zero-order valence-electron chi connectivity index (χ0n) is 12.9. The van der Waals surface area contributed by atoms with Gasteiger partial charge < -0.3 is 0 Å². The van der Waals surface area contributed by atoms with Gasteiger partial charge in [-0.3, -0.25) is 4.90 Å². The van der Waals surface area contributed by atoms with Gasteiger partial charge in [0.25, 0.3) is 0 Å². The molecule has 2 aromatic carbocycles. The molecule has 4 nitrogen and oxygen atoms in total. The molecule has 0 amide bonds. The van der Waals surface area contributed by atoms with E-state index in [0.29, 0.717) is 22.2 Å². The minimum Gasteiger partial charge on any atom is -0.291 e. The number of nitrogens with zero attached hydrogens (tertiary/aromatic N) is 1. The standard InChI is InChI=1S/C16H17Cl3N2O2S/c1-21(11-17)10-16(12-7-8-14(18)15(19)9-12)20-24(22,23)13-5-3-2-4-6-13/h2-9,16,20H,10-11H2,1H3. The Kier molecular flexibility index (Phi) is 6.92. The van der Waals surface area contributed by atoms with Gasteiger partial charge in [0.1, 0.15) is 0 Å². The average molecular weight is 408 g/mol. The molecule has 24 heavy (non-hydrogen) atoms. The summed E-state index contributed by atoms with van der Waals surface area (Å²) in [5.41, 5.74) is 0.709. The van der Waals surface area contributed by atoms with Gasteiger partial charge in [-0.1, -0.05) is 47.5 Å². The molecular formula is C16H17Cl3N2O2S. The normalized spacial score (nSPS) is 13.2. The molecule has 2 rings (SSSR count). The maximum atomic E-state index is 12.6. The second-order valence-corrected chi connectivity index (χ2v) is 8.09. The van der Waals surface area contributed by atoms with Crippen LogP contribution >= 0.6 is 34.8 Å². The van der Waals surface area contributed by atoms with Crippen molar-refractivity contribution in [3.63, 3.8) is 0 Å². The van der Waals surface area contributed by atoms with Crippen molar-refractivity contribution >= 4 is 44.8 Å². The van der Waals surface area contributed by atoms with E-state index >= 15 is 0 Å². The van der Waals surface area contributed by atoms with Gasteiger partial charge in [-0.2, -0.15) is 0 Å². The molecule has 0 aliphatic rings. The molecule has 0 spiro atoms. The minimum atomic E-state index is -3.68. The van der Waals surface area contributed by atoms with Gasteiger partial charge in [0.05, 0.1) is 27.0 Å². The second kappa shape index (κ2) is 8.52. The fraction of sp³-hybridized carbons (Fsp3) is 0.250. The van der Waals surface area contributed by atoms with Crippen LogP contribution in [-0.4, -0.2) is 32.9 Å². The quantitative estimate of drug-likeness (QED) is 0.554. The highest BCUT2D eigenvalue weighted by atomic mass is 35.5. The van der Waals surface area contributed by atoms with Crippen LogP contribution < -0.4 is 4.72 Å². The predicted molar refractivity (Wildman–Crippen MR) is 99.3 cm³/mol. The Labute approximate surface area is 157 Å². The summed E-state index contributed by atoms with van der Waals surface area (Å²) < 4.78 is 27.9. The van der Waals surface area contributed by atoms with Crippen LogP contribution in [0.25, 0.3) is 0 Å².